The molecule has 54 heavy (non-hydrogen) atoms. The van der Waals surface area contributed by atoms with E-state index in [1.165, 1.54) is 0 Å². The number of nitrogens with two attached hydrogens (primary N) is 1. The molecule has 6 rings (SSSR count). The fourth-order valence-corrected chi connectivity index (χ4v) is 6.09. The Morgan fingerprint density at radius 2 is 0.741 bits per heavy atom. The van der Waals surface area contributed by atoms with Crippen LogP contribution in [0.2, 0.25) is 0 Å². The van der Waals surface area contributed by atoms with Crippen LogP contribution in [-0.4, -0.2) is 29.9 Å². The van der Waals surface area contributed by atoms with Crippen LogP contribution >= 0.6 is 0 Å². The Kier molecular flexibility index (Phi) is 11.4. The standard InChI is InChI=1S/C45H38N2O7/c1-30(2)40(41(46)48)47-45(34-18-24-37(25-19-34)52-42(49)31-12-6-3-7-13-31,35-20-26-38(27-21-35)53-43(50)32-14-8-4-9-15-32)36-22-28-39(29-23-36)54-44(51)33-16-10-5-11-17-33/h3-30,40,47H,1-2H3,(H2,46,48)/t40-/m0/s1. The van der Waals surface area contributed by atoms with Crippen molar-refractivity contribution in [1.82, 2.24) is 5.32 Å². The molecule has 0 saturated heterocycles. The second-order valence-corrected chi connectivity index (χ2v) is 12.9. The summed E-state index contributed by atoms with van der Waals surface area (Å²) in [6, 6.07) is 46.0. The molecule has 270 valence electrons. The van der Waals surface area contributed by atoms with E-state index < -0.39 is 35.4 Å². The Morgan fingerprint density at radius 3 is 0.981 bits per heavy atom. The molecule has 0 spiro atoms. The van der Waals surface area contributed by atoms with E-state index in [0.717, 1.165) is 0 Å². The first kappa shape index (κ1) is 36.9. The summed E-state index contributed by atoms with van der Waals surface area (Å²) in [5.74, 6) is -1.41. The highest BCUT2D eigenvalue weighted by Gasteiger charge is 2.40. The second-order valence-electron chi connectivity index (χ2n) is 12.9. The zero-order valence-corrected chi connectivity index (χ0v) is 29.7. The molecule has 0 aliphatic heterocycles. The Morgan fingerprint density at radius 1 is 0.463 bits per heavy atom. The maximum atomic E-state index is 13.0. The molecule has 1 atom stereocenters. The maximum absolute atomic E-state index is 13.0. The van der Waals surface area contributed by atoms with Crippen LogP contribution in [0.5, 0.6) is 17.2 Å². The summed E-state index contributed by atoms with van der Waals surface area (Å²) in [6.07, 6.45) is 0. The third-order valence-corrected chi connectivity index (χ3v) is 8.87. The summed E-state index contributed by atoms with van der Waals surface area (Å²) in [4.78, 5) is 51.7. The van der Waals surface area contributed by atoms with E-state index in [1.54, 1.807) is 146 Å². The molecular weight excluding hydrogens is 681 g/mol. The summed E-state index contributed by atoms with van der Waals surface area (Å²) >= 11 is 0. The molecule has 6 aromatic carbocycles. The van der Waals surface area contributed by atoms with Gasteiger partial charge < -0.3 is 19.9 Å². The van der Waals surface area contributed by atoms with Gasteiger partial charge in [0, 0.05) is 0 Å². The molecule has 0 radical (unpaired) electrons. The largest absolute Gasteiger partial charge is 0.423 e. The van der Waals surface area contributed by atoms with Gasteiger partial charge >= 0.3 is 17.9 Å². The van der Waals surface area contributed by atoms with Crippen molar-refractivity contribution in [3.8, 4) is 17.2 Å². The van der Waals surface area contributed by atoms with Crippen molar-refractivity contribution in [3.05, 3.63) is 197 Å². The van der Waals surface area contributed by atoms with Crippen molar-refractivity contribution in [2.45, 2.75) is 25.4 Å². The normalized spacial score (nSPS) is 11.7. The lowest BCUT2D eigenvalue weighted by atomic mass is 9.75. The summed E-state index contributed by atoms with van der Waals surface area (Å²) in [7, 11) is 0. The van der Waals surface area contributed by atoms with Crippen LogP contribution in [0.15, 0.2) is 164 Å². The number of carbonyl (C=O) groups excluding carboxylic acids is 4. The molecular formula is C45H38N2O7. The number of hydrogen-bond acceptors (Lipinski definition) is 8. The summed E-state index contributed by atoms with van der Waals surface area (Å²) in [6.45, 7) is 3.77. The number of hydrogen-bond donors (Lipinski definition) is 2. The van der Waals surface area contributed by atoms with Crippen molar-refractivity contribution >= 4 is 23.8 Å². The molecule has 0 bridgehead atoms. The number of benzene rings is 6. The summed E-state index contributed by atoms with van der Waals surface area (Å²) in [5.41, 5.74) is 7.94. The zero-order chi connectivity index (χ0) is 38.1. The minimum Gasteiger partial charge on any atom is -0.423 e. The lowest BCUT2D eigenvalue weighted by molar-refractivity contribution is -0.121. The third-order valence-electron chi connectivity index (χ3n) is 8.87. The Balaban J connectivity index is 1.43. The van der Waals surface area contributed by atoms with Crippen LogP contribution < -0.4 is 25.3 Å². The van der Waals surface area contributed by atoms with Gasteiger partial charge in [-0.15, -0.1) is 0 Å². The van der Waals surface area contributed by atoms with Gasteiger partial charge in [0.25, 0.3) is 0 Å². The van der Waals surface area contributed by atoms with Gasteiger partial charge in [-0.2, -0.15) is 0 Å². The van der Waals surface area contributed by atoms with Crippen molar-refractivity contribution in [1.29, 1.82) is 0 Å². The molecule has 6 aromatic rings. The van der Waals surface area contributed by atoms with Crippen LogP contribution in [-0.2, 0) is 10.3 Å². The van der Waals surface area contributed by atoms with Gasteiger partial charge in [0.15, 0.2) is 0 Å². The minimum atomic E-state index is -1.27. The van der Waals surface area contributed by atoms with Gasteiger partial charge in [-0.1, -0.05) is 105 Å². The van der Waals surface area contributed by atoms with E-state index in [9.17, 15) is 19.2 Å². The molecule has 0 aliphatic carbocycles. The van der Waals surface area contributed by atoms with Crippen LogP contribution in [0.3, 0.4) is 0 Å². The number of nitrogens with one attached hydrogen (secondary N) is 1. The highest BCUT2D eigenvalue weighted by molar-refractivity contribution is 5.92. The number of primary amides is 1. The molecule has 3 N–H and O–H groups in total. The van der Waals surface area contributed by atoms with Gasteiger partial charge in [0.1, 0.15) is 17.2 Å². The maximum Gasteiger partial charge on any atom is 0.343 e. The third kappa shape index (κ3) is 8.44. The van der Waals surface area contributed by atoms with Crippen molar-refractivity contribution in [2.75, 3.05) is 0 Å². The Hall–Kier alpha value is -6.84. The molecule has 0 heterocycles. The zero-order valence-electron chi connectivity index (χ0n) is 29.7. The quantitative estimate of drug-likeness (QED) is 0.0704. The summed E-state index contributed by atoms with van der Waals surface area (Å²) < 4.78 is 17.1. The van der Waals surface area contributed by atoms with E-state index in [4.69, 9.17) is 19.9 Å². The number of amides is 1. The fourth-order valence-electron chi connectivity index (χ4n) is 6.09. The van der Waals surface area contributed by atoms with Gasteiger partial charge in [-0.05, 0) is 95.4 Å². The molecule has 9 heteroatoms. The highest BCUT2D eigenvalue weighted by Crippen LogP contribution is 2.40. The molecule has 0 saturated carbocycles. The lowest BCUT2D eigenvalue weighted by Crippen LogP contribution is -2.56. The second kappa shape index (κ2) is 16.7. The van der Waals surface area contributed by atoms with Crippen LogP contribution in [0.1, 0.15) is 61.6 Å². The van der Waals surface area contributed by atoms with E-state index in [2.05, 4.69) is 5.32 Å². The van der Waals surface area contributed by atoms with E-state index in [1.807, 2.05) is 32.0 Å². The molecule has 0 unspecified atom stereocenters. The van der Waals surface area contributed by atoms with E-state index in [-0.39, 0.29) is 5.92 Å². The molecule has 9 nitrogen and oxygen atoms in total. The predicted octanol–water partition coefficient (Wildman–Crippen LogP) is 7.74. The molecule has 0 aromatic heterocycles. The van der Waals surface area contributed by atoms with Crippen molar-refractivity contribution in [2.24, 2.45) is 11.7 Å². The lowest BCUT2D eigenvalue weighted by Gasteiger charge is -2.40. The molecule has 0 aliphatic rings. The van der Waals surface area contributed by atoms with Gasteiger partial charge in [-0.3, -0.25) is 10.1 Å². The first-order valence-electron chi connectivity index (χ1n) is 17.3. The molecule has 0 fully saturated rings. The van der Waals surface area contributed by atoms with Gasteiger partial charge in [0.2, 0.25) is 5.91 Å². The summed E-state index contributed by atoms with van der Waals surface area (Å²) in [5, 5.41) is 3.58. The monoisotopic (exact) mass is 718 g/mol. The van der Waals surface area contributed by atoms with E-state index in [0.29, 0.717) is 50.6 Å². The topological polar surface area (TPSA) is 134 Å². The predicted molar refractivity (Wildman–Crippen MR) is 204 cm³/mol. The van der Waals surface area contributed by atoms with Crippen LogP contribution in [0.25, 0.3) is 0 Å². The number of carbonyl (C=O) groups is 4. The van der Waals surface area contributed by atoms with Gasteiger partial charge in [0.05, 0.1) is 28.3 Å². The fraction of sp³-hybridized carbons (Fsp3) is 0.111. The average Bonchev–Trinajstić information content (AvgIpc) is 3.20. The van der Waals surface area contributed by atoms with Crippen molar-refractivity contribution in [3.63, 3.8) is 0 Å². The number of rotatable bonds is 13. The molecule has 1 amide bonds. The number of esters is 3. The van der Waals surface area contributed by atoms with Gasteiger partial charge in [-0.25, -0.2) is 14.4 Å². The van der Waals surface area contributed by atoms with E-state index >= 15 is 0 Å². The van der Waals surface area contributed by atoms with Crippen LogP contribution in [0, 0.1) is 5.92 Å². The Bertz CT molecular complexity index is 1970. The smallest absolute Gasteiger partial charge is 0.343 e. The van der Waals surface area contributed by atoms with Crippen LogP contribution in [0.4, 0.5) is 0 Å². The first-order chi connectivity index (χ1) is 26.1. The Labute approximate surface area is 313 Å². The SMILES string of the molecule is CC(C)[C@H](NC(c1ccc(OC(=O)c2ccccc2)cc1)(c1ccc(OC(=O)c2ccccc2)cc1)c1ccc(OC(=O)c2ccccc2)cc1)C(N)=O. The average molecular weight is 719 g/mol. The van der Waals surface area contributed by atoms with Crippen molar-refractivity contribution < 1.29 is 33.4 Å². The minimum absolute atomic E-state index is 0.231. The first-order valence-corrected chi connectivity index (χ1v) is 17.3. The highest BCUT2D eigenvalue weighted by atomic mass is 16.5. The number of ether oxygens (including phenoxy) is 3.